The first-order chi connectivity index (χ1) is 14.4. The zero-order valence-electron chi connectivity index (χ0n) is 18.5. The number of nitrogens with zero attached hydrogens (tertiary/aromatic N) is 1. The molecule has 1 aliphatic heterocycles. The normalized spacial score (nSPS) is 14.3. The molecule has 0 radical (unpaired) electrons. The van der Waals surface area contributed by atoms with Gasteiger partial charge in [-0.05, 0) is 45.2 Å². The second-order valence-electron chi connectivity index (χ2n) is 8.80. The zero-order chi connectivity index (χ0) is 23.3. The van der Waals surface area contributed by atoms with Gasteiger partial charge in [-0.15, -0.1) is 0 Å². The molecule has 0 aromatic heterocycles. The van der Waals surface area contributed by atoms with Crippen LogP contribution in [-0.2, 0) is 19.1 Å². The minimum absolute atomic E-state index is 0.0666. The number of amides is 4. The number of nitrogens with one attached hydrogen (secondary N) is 2. The van der Waals surface area contributed by atoms with Gasteiger partial charge in [0.25, 0.3) is 11.8 Å². The maximum absolute atomic E-state index is 12.5. The van der Waals surface area contributed by atoms with Crippen molar-refractivity contribution < 1.29 is 28.7 Å². The lowest BCUT2D eigenvalue weighted by Gasteiger charge is -2.23. The predicted molar refractivity (Wildman–Crippen MR) is 112 cm³/mol. The summed E-state index contributed by atoms with van der Waals surface area (Å²) < 4.78 is 5.15. The Morgan fingerprint density at radius 2 is 1.58 bits per heavy atom. The standard InChI is InChI=1S/C22H29N3O6/c1-13(2)10-16(19(28)23-11-18(27)31-22(3,4)5)24-17(26)12-25-20(29)14-8-6-7-9-15(14)21(25)30/h6-9,13,16H,10-12H2,1-5H3,(H,23,28)(H,24,26)/t16-/m1/s1. The molecular formula is C22H29N3O6. The summed E-state index contributed by atoms with van der Waals surface area (Å²) >= 11 is 0. The summed E-state index contributed by atoms with van der Waals surface area (Å²) in [7, 11) is 0. The van der Waals surface area contributed by atoms with Crippen LogP contribution in [0.25, 0.3) is 0 Å². The summed E-state index contributed by atoms with van der Waals surface area (Å²) in [6.45, 7) is 8.07. The Morgan fingerprint density at radius 3 is 2.06 bits per heavy atom. The molecule has 168 valence electrons. The number of hydrogen-bond donors (Lipinski definition) is 2. The van der Waals surface area contributed by atoms with E-state index in [0.717, 1.165) is 4.90 Å². The van der Waals surface area contributed by atoms with Gasteiger partial charge in [-0.1, -0.05) is 26.0 Å². The van der Waals surface area contributed by atoms with Crippen LogP contribution in [0.1, 0.15) is 61.8 Å². The van der Waals surface area contributed by atoms with Crippen molar-refractivity contribution in [3.63, 3.8) is 0 Å². The molecule has 0 saturated heterocycles. The van der Waals surface area contributed by atoms with E-state index in [1.54, 1.807) is 32.9 Å². The van der Waals surface area contributed by atoms with Crippen LogP contribution in [0.2, 0.25) is 0 Å². The van der Waals surface area contributed by atoms with E-state index in [9.17, 15) is 24.0 Å². The number of esters is 1. The van der Waals surface area contributed by atoms with Gasteiger partial charge >= 0.3 is 5.97 Å². The number of carbonyl (C=O) groups is 5. The number of ether oxygens (including phenoxy) is 1. The SMILES string of the molecule is CC(C)C[C@@H](NC(=O)CN1C(=O)c2ccccc2C1=O)C(=O)NCC(=O)OC(C)(C)C. The molecule has 1 atom stereocenters. The molecule has 0 fully saturated rings. The number of carbonyl (C=O) groups excluding carboxylic acids is 5. The Morgan fingerprint density at radius 1 is 1.03 bits per heavy atom. The minimum Gasteiger partial charge on any atom is -0.459 e. The first-order valence-electron chi connectivity index (χ1n) is 10.1. The molecule has 0 aliphatic carbocycles. The van der Waals surface area contributed by atoms with Crippen molar-refractivity contribution in [1.82, 2.24) is 15.5 Å². The van der Waals surface area contributed by atoms with E-state index in [0.29, 0.717) is 6.42 Å². The molecule has 9 heteroatoms. The van der Waals surface area contributed by atoms with Crippen LogP contribution in [-0.4, -0.2) is 59.2 Å². The van der Waals surface area contributed by atoms with Gasteiger partial charge in [-0.3, -0.25) is 28.9 Å². The van der Waals surface area contributed by atoms with Crippen molar-refractivity contribution in [3.8, 4) is 0 Å². The van der Waals surface area contributed by atoms with Crippen molar-refractivity contribution >= 4 is 29.6 Å². The van der Waals surface area contributed by atoms with E-state index < -0.39 is 47.8 Å². The van der Waals surface area contributed by atoms with Gasteiger partial charge in [0.05, 0.1) is 11.1 Å². The number of fused-ring (bicyclic) bond motifs is 1. The van der Waals surface area contributed by atoms with Crippen molar-refractivity contribution in [2.75, 3.05) is 13.1 Å². The first kappa shape index (κ1) is 24.0. The lowest BCUT2D eigenvalue weighted by atomic mass is 10.0. The van der Waals surface area contributed by atoms with E-state index in [4.69, 9.17) is 4.74 Å². The molecular weight excluding hydrogens is 402 g/mol. The quantitative estimate of drug-likeness (QED) is 0.472. The molecule has 0 unspecified atom stereocenters. The molecule has 0 spiro atoms. The summed E-state index contributed by atoms with van der Waals surface area (Å²) in [5, 5.41) is 5.03. The van der Waals surface area contributed by atoms with E-state index in [-0.39, 0.29) is 23.6 Å². The van der Waals surface area contributed by atoms with Gasteiger partial charge in [0.1, 0.15) is 24.7 Å². The molecule has 9 nitrogen and oxygen atoms in total. The van der Waals surface area contributed by atoms with Crippen molar-refractivity contribution in [2.24, 2.45) is 5.92 Å². The van der Waals surface area contributed by atoms with Crippen LogP contribution in [0.4, 0.5) is 0 Å². The van der Waals surface area contributed by atoms with Crippen LogP contribution < -0.4 is 10.6 Å². The molecule has 1 aromatic carbocycles. The van der Waals surface area contributed by atoms with Crippen molar-refractivity contribution in [3.05, 3.63) is 35.4 Å². The van der Waals surface area contributed by atoms with Crippen molar-refractivity contribution in [1.29, 1.82) is 0 Å². The van der Waals surface area contributed by atoms with Gasteiger partial charge in [-0.25, -0.2) is 0 Å². The van der Waals surface area contributed by atoms with Gasteiger partial charge in [0.15, 0.2) is 0 Å². The van der Waals surface area contributed by atoms with Crippen LogP contribution in [0, 0.1) is 5.92 Å². The molecule has 1 heterocycles. The summed E-state index contributed by atoms with van der Waals surface area (Å²) in [6.07, 6.45) is 0.314. The van der Waals surface area contributed by atoms with Crippen LogP contribution in [0.15, 0.2) is 24.3 Å². The Balaban J connectivity index is 1.98. The fourth-order valence-electron chi connectivity index (χ4n) is 3.13. The van der Waals surface area contributed by atoms with Gasteiger partial charge in [-0.2, -0.15) is 0 Å². The van der Waals surface area contributed by atoms with E-state index >= 15 is 0 Å². The summed E-state index contributed by atoms with van der Waals surface area (Å²) in [5.74, 6) is -2.82. The maximum atomic E-state index is 12.5. The molecule has 0 bridgehead atoms. The molecule has 2 N–H and O–H groups in total. The van der Waals surface area contributed by atoms with Crippen LogP contribution in [0.5, 0.6) is 0 Å². The zero-order valence-corrected chi connectivity index (χ0v) is 18.5. The van der Waals surface area contributed by atoms with Crippen LogP contribution >= 0.6 is 0 Å². The van der Waals surface area contributed by atoms with E-state index in [2.05, 4.69) is 10.6 Å². The smallest absolute Gasteiger partial charge is 0.325 e. The second-order valence-corrected chi connectivity index (χ2v) is 8.80. The molecule has 1 aromatic rings. The lowest BCUT2D eigenvalue weighted by Crippen LogP contribution is -2.51. The van der Waals surface area contributed by atoms with Crippen molar-refractivity contribution in [2.45, 2.75) is 52.7 Å². The average Bonchev–Trinajstić information content (AvgIpc) is 2.89. The molecule has 31 heavy (non-hydrogen) atoms. The monoisotopic (exact) mass is 431 g/mol. The second kappa shape index (κ2) is 9.72. The first-order valence-corrected chi connectivity index (χ1v) is 10.1. The number of benzene rings is 1. The summed E-state index contributed by atoms with van der Waals surface area (Å²) in [5.41, 5.74) is -0.192. The fraction of sp³-hybridized carbons (Fsp3) is 0.500. The third kappa shape index (κ3) is 6.63. The highest BCUT2D eigenvalue weighted by molar-refractivity contribution is 6.22. The Hall–Kier alpha value is -3.23. The number of imide groups is 1. The Bertz CT molecular complexity index is 852. The highest BCUT2D eigenvalue weighted by Crippen LogP contribution is 2.22. The average molecular weight is 431 g/mol. The molecule has 4 amide bonds. The lowest BCUT2D eigenvalue weighted by molar-refractivity contribution is -0.154. The van der Waals surface area contributed by atoms with Gasteiger partial charge in [0.2, 0.25) is 11.8 Å². The minimum atomic E-state index is -0.926. The summed E-state index contributed by atoms with van der Waals surface area (Å²) in [6, 6.07) is 5.41. The van der Waals surface area contributed by atoms with Gasteiger partial charge in [0, 0.05) is 0 Å². The third-order valence-corrected chi connectivity index (χ3v) is 4.37. The highest BCUT2D eigenvalue weighted by atomic mass is 16.6. The number of rotatable bonds is 8. The molecule has 2 rings (SSSR count). The fourth-order valence-corrected chi connectivity index (χ4v) is 3.13. The highest BCUT2D eigenvalue weighted by Gasteiger charge is 2.36. The molecule has 1 aliphatic rings. The Kier molecular flexibility index (Phi) is 7.54. The Labute approximate surface area is 181 Å². The predicted octanol–water partition coefficient (Wildman–Crippen LogP) is 1.27. The summed E-state index contributed by atoms with van der Waals surface area (Å²) in [4.78, 5) is 62.6. The van der Waals surface area contributed by atoms with E-state index in [1.165, 1.54) is 12.1 Å². The van der Waals surface area contributed by atoms with E-state index in [1.807, 2.05) is 13.8 Å². The van der Waals surface area contributed by atoms with Crippen LogP contribution in [0.3, 0.4) is 0 Å². The topological polar surface area (TPSA) is 122 Å². The number of hydrogen-bond acceptors (Lipinski definition) is 6. The largest absolute Gasteiger partial charge is 0.459 e. The third-order valence-electron chi connectivity index (χ3n) is 4.37. The molecule has 0 saturated carbocycles. The maximum Gasteiger partial charge on any atom is 0.325 e. The van der Waals surface area contributed by atoms with Gasteiger partial charge < -0.3 is 15.4 Å².